The van der Waals surface area contributed by atoms with Crippen molar-refractivity contribution in [3.63, 3.8) is 0 Å². The highest BCUT2D eigenvalue weighted by Crippen LogP contribution is 2.53. The lowest BCUT2D eigenvalue weighted by atomic mass is 9.52. The quantitative estimate of drug-likeness (QED) is 0.807. The van der Waals surface area contributed by atoms with Crippen LogP contribution in [-0.4, -0.2) is 41.7 Å². The summed E-state index contributed by atoms with van der Waals surface area (Å²) in [5, 5.41) is 12.2. The van der Waals surface area contributed by atoms with E-state index in [9.17, 15) is 14.3 Å². The van der Waals surface area contributed by atoms with Gasteiger partial charge in [-0.15, -0.1) is 0 Å². The summed E-state index contributed by atoms with van der Waals surface area (Å²) in [7, 11) is 0. The Morgan fingerprint density at radius 1 is 1.27 bits per heavy atom. The Morgan fingerprint density at radius 3 is 2.38 bits per heavy atom. The van der Waals surface area contributed by atoms with Crippen LogP contribution in [0.15, 0.2) is 12.1 Å². The highest BCUT2D eigenvalue weighted by Gasteiger charge is 2.53. The van der Waals surface area contributed by atoms with Crippen LogP contribution in [-0.2, 0) is 0 Å². The van der Waals surface area contributed by atoms with Crippen LogP contribution < -0.4 is 10.2 Å². The molecule has 1 aromatic heterocycles. The lowest BCUT2D eigenvalue weighted by molar-refractivity contribution is -0.0367. The molecule has 1 amide bonds. The van der Waals surface area contributed by atoms with Gasteiger partial charge in [0.05, 0.1) is 5.56 Å². The number of pyridine rings is 1. The maximum Gasteiger partial charge on any atom is 0.256 e. The van der Waals surface area contributed by atoms with Crippen molar-refractivity contribution in [1.82, 2.24) is 10.3 Å². The smallest absolute Gasteiger partial charge is 0.256 e. The summed E-state index contributed by atoms with van der Waals surface area (Å²) in [6, 6.07) is 3.26. The molecule has 26 heavy (non-hydrogen) atoms. The SMILES string of the molecule is CC1(C)CC(C)(C)C1NC(=O)c1ccc(N2CCC(CO)CC2)nc1F. The molecule has 5 nitrogen and oxygen atoms in total. The summed E-state index contributed by atoms with van der Waals surface area (Å²) < 4.78 is 14.5. The van der Waals surface area contributed by atoms with Crippen molar-refractivity contribution < 1.29 is 14.3 Å². The third kappa shape index (κ3) is 3.56. The van der Waals surface area contributed by atoms with Crippen LogP contribution in [0.2, 0.25) is 0 Å². The highest BCUT2D eigenvalue weighted by atomic mass is 19.1. The maximum atomic E-state index is 14.5. The molecule has 0 unspecified atom stereocenters. The lowest BCUT2D eigenvalue weighted by Crippen LogP contribution is -2.63. The Labute approximate surface area is 155 Å². The molecule has 2 N–H and O–H groups in total. The second kappa shape index (κ2) is 6.80. The molecule has 144 valence electrons. The predicted octanol–water partition coefficient (Wildman–Crippen LogP) is 2.98. The fraction of sp³-hybridized carbons (Fsp3) is 0.700. The number of halogens is 1. The van der Waals surface area contributed by atoms with Gasteiger partial charge in [-0.3, -0.25) is 4.79 Å². The number of amides is 1. The second-order valence-electron chi connectivity index (χ2n) is 9.18. The van der Waals surface area contributed by atoms with Gasteiger partial charge >= 0.3 is 0 Å². The van der Waals surface area contributed by atoms with Gasteiger partial charge in [0.1, 0.15) is 5.82 Å². The minimum atomic E-state index is -0.723. The molecule has 2 heterocycles. The summed E-state index contributed by atoms with van der Waals surface area (Å²) in [6.45, 7) is 10.2. The fourth-order valence-corrected chi connectivity index (χ4v) is 5.02. The van der Waals surface area contributed by atoms with Gasteiger partial charge in [0.25, 0.3) is 5.91 Å². The third-order valence-corrected chi connectivity index (χ3v) is 6.02. The van der Waals surface area contributed by atoms with Crippen molar-refractivity contribution in [2.75, 3.05) is 24.6 Å². The van der Waals surface area contributed by atoms with Crippen molar-refractivity contribution in [3.05, 3.63) is 23.6 Å². The number of piperidine rings is 1. The van der Waals surface area contributed by atoms with E-state index in [1.807, 2.05) is 4.90 Å². The van der Waals surface area contributed by atoms with E-state index in [0.29, 0.717) is 11.7 Å². The van der Waals surface area contributed by atoms with E-state index < -0.39 is 11.9 Å². The van der Waals surface area contributed by atoms with Crippen molar-refractivity contribution in [3.8, 4) is 0 Å². The Balaban J connectivity index is 1.69. The van der Waals surface area contributed by atoms with E-state index in [4.69, 9.17) is 0 Å². The summed E-state index contributed by atoms with van der Waals surface area (Å²) >= 11 is 0. The first-order chi connectivity index (χ1) is 12.1. The number of anilines is 1. The number of aliphatic hydroxyl groups excluding tert-OH is 1. The van der Waals surface area contributed by atoms with Crippen LogP contribution in [0.1, 0.15) is 57.3 Å². The van der Waals surface area contributed by atoms with Gasteiger partial charge in [0.15, 0.2) is 0 Å². The van der Waals surface area contributed by atoms with E-state index in [2.05, 4.69) is 38.0 Å². The molecule has 1 saturated heterocycles. The largest absolute Gasteiger partial charge is 0.396 e. The maximum absolute atomic E-state index is 14.5. The zero-order valence-corrected chi connectivity index (χ0v) is 16.2. The molecular weight excluding hydrogens is 333 g/mol. The average molecular weight is 363 g/mol. The summed E-state index contributed by atoms with van der Waals surface area (Å²) in [5.41, 5.74) is 0.0256. The molecule has 0 spiro atoms. The zero-order chi connectivity index (χ0) is 19.1. The van der Waals surface area contributed by atoms with Gasteiger partial charge < -0.3 is 15.3 Å². The van der Waals surface area contributed by atoms with Gasteiger partial charge in [-0.25, -0.2) is 4.98 Å². The molecule has 1 saturated carbocycles. The lowest BCUT2D eigenvalue weighted by Gasteiger charge is -2.57. The van der Waals surface area contributed by atoms with Crippen LogP contribution >= 0.6 is 0 Å². The molecule has 1 aliphatic heterocycles. The molecule has 1 aliphatic carbocycles. The Morgan fingerprint density at radius 2 is 1.88 bits per heavy atom. The number of nitrogens with zero attached hydrogens (tertiary/aromatic N) is 2. The predicted molar refractivity (Wildman–Crippen MR) is 99.7 cm³/mol. The Bertz CT molecular complexity index is 668. The summed E-state index contributed by atoms with van der Waals surface area (Å²) in [4.78, 5) is 18.6. The van der Waals surface area contributed by atoms with Crippen LogP contribution in [0.3, 0.4) is 0 Å². The first-order valence-electron chi connectivity index (χ1n) is 9.47. The molecule has 3 rings (SSSR count). The topological polar surface area (TPSA) is 65.5 Å². The van der Waals surface area contributed by atoms with Crippen LogP contribution in [0, 0.1) is 22.7 Å². The van der Waals surface area contributed by atoms with E-state index in [1.165, 1.54) is 6.07 Å². The summed E-state index contributed by atoms with van der Waals surface area (Å²) in [6.07, 6.45) is 2.76. The van der Waals surface area contributed by atoms with Crippen LogP contribution in [0.25, 0.3) is 0 Å². The standard InChI is InChI=1S/C20H30FN3O2/c1-19(2)12-20(3,4)18(19)23-17(26)14-5-6-15(22-16(14)21)24-9-7-13(11-25)8-10-24/h5-6,13,18,25H,7-12H2,1-4H3,(H,23,26). The first kappa shape index (κ1) is 19.1. The van der Waals surface area contributed by atoms with Crippen molar-refractivity contribution in [1.29, 1.82) is 0 Å². The van der Waals surface area contributed by atoms with Crippen LogP contribution in [0.4, 0.5) is 10.2 Å². The monoisotopic (exact) mass is 363 g/mol. The van der Waals surface area contributed by atoms with E-state index >= 15 is 0 Å². The molecule has 0 aromatic carbocycles. The minimum Gasteiger partial charge on any atom is -0.396 e. The minimum absolute atomic E-state index is 0.00232. The van der Waals surface area contributed by atoms with Crippen molar-refractivity contribution in [2.45, 2.75) is 53.0 Å². The van der Waals surface area contributed by atoms with Crippen LogP contribution in [0.5, 0.6) is 0 Å². The molecule has 2 fully saturated rings. The summed E-state index contributed by atoms with van der Waals surface area (Å²) in [5.74, 6) is -0.249. The van der Waals surface area contributed by atoms with Gasteiger partial charge in [0.2, 0.25) is 5.95 Å². The van der Waals surface area contributed by atoms with E-state index in [1.54, 1.807) is 6.07 Å². The molecule has 6 heteroatoms. The molecular formula is C20H30FN3O2. The number of carbonyl (C=O) groups excluding carboxylic acids is 1. The Kier molecular flexibility index (Phi) is 4.99. The van der Waals surface area contributed by atoms with E-state index in [-0.39, 0.29) is 29.0 Å². The normalized spacial score (nSPS) is 22.8. The number of hydrogen-bond donors (Lipinski definition) is 2. The fourth-order valence-electron chi connectivity index (χ4n) is 5.02. The van der Waals surface area contributed by atoms with Gasteiger partial charge in [0, 0.05) is 25.7 Å². The molecule has 0 atom stereocenters. The molecule has 2 aliphatic rings. The van der Waals surface area contributed by atoms with Gasteiger partial charge in [-0.05, 0) is 48.1 Å². The van der Waals surface area contributed by atoms with Gasteiger partial charge in [-0.2, -0.15) is 4.39 Å². The molecule has 0 radical (unpaired) electrons. The Hall–Kier alpha value is -1.69. The highest BCUT2D eigenvalue weighted by molar-refractivity contribution is 5.94. The number of nitrogens with one attached hydrogen (secondary N) is 1. The number of aromatic nitrogens is 1. The molecule has 1 aromatic rings. The third-order valence-electron chi connectivity index (χ3n) is 6.02. The second-order valence-corrected chi connectivity index (χ2v) is 9.18. The van der Waals surface area contributed by atoms with Gasteiger partial charge in [-0.1, -0.05) is 27.7 Å². The van der Waals surface area contributed by atoms with E-state index in [0.717, 1.165) is 32.4 Å². The number of rotatable bonds is 4. The van der Waals surface area contributed by atoms with Crippen molar-refractivity contribution >= 4 is 11.7 Å². The zero-order valence-electron chi connectivity index (χ0n) is 16.2. The van der Waals surface area contributed by atoms with Crippen molar-refractivity contribution in [2.24, 2.45) is 16.7 Å². The average Bonchev–Trinajstić information content (AvgIpc) is 2.58. The number of hydrogen-bond acceptors (Lipinski definition) is 4. The first-order valence-corrected chi connectivity index (χ1v) is 9.47. The molecule has 0 bridgehead atoms. The number of aliphatic hydroxyl groups is 1. The number of carbonyl (C=O) groups is 1.